The van der Waals surface area contributed by atoms with Gasteiger partial charge < -0.3 is 14.8 Å². The molecule has 2 amide bonds. The molecule has 1 aliphatic rings. The molecule has 31 heavy (non-hydrogen) atoms. The predicted octanol–water partition coefficient (Wildman–Crippen LogP) is 4.53. The van der Waals surface area contributed by atoms with E-state index in [1.807, 2.05) is 59.6 Å². The number of halogens is 2. The van der Waals surface area contributed by atoms with E-state index in [1.54, 1.807) is 0 Å². The molecule has 0 saturated heterocycles. The zero-order chi connectivity index (χ0) is 21.8. The molecule has 2 aromatic carbocycles. The molecule has 1 aromatic heterocycles. The van der Waals surface area contributed by atoms with Crippen LogP contribution in [0.4, 0.5) is 0 Å². The van der Waals surface area contributed by atoms with Gasteiger partial charge in [0.2, 0.25) is 5.91 Å². The van der Waals surface area contributed by atoms with Gasteiger partial charge in [0.25, 0.3) is 5.91 Å². The van der Waals surface area contributed by atoms with E-state index in [9.17, 15) is 9.59 Å². The molecular weight excluding hydrogens is 433 g/mol. The molecule has 1 fully saturated rings. The van der Waals surface area contributed by atoms with Crippen molar-refractivity contribution in [2.75, 3.05) is 13.1 Å². The highest BCUT2D eigenvalue weighted by Gasteiger charge is 2.36. The highest BCUT2D eigenvalue weighted by atomic mass is 35.5. The summed E-state index contributed by atoms with van der Waals surface area (Å²) in [4.78, 5) is 31.2. The number of alkyl halides is 2. The Hall–Kier alpha value is -2.50. The van der Waals surface area contributed by atoms with Crippen molar-refractivity contribution in [2.45, 2.75) is 36.7 Å². The Labute approximate surface area is 191 Å². The zero-order valence-electron chi connectivity index (χ0n) is 17.1. The molecule has 4 rings (SSSR count). The first-order valence-corrected chi connectivity index (χ1v) is 11.4. The average molecular weight is 458 g/mol. The van der Waals surface area contributed by atoms with Crippen LogP contribution in [0.5, 0.6) is 0 Å². The number of fused-ring (bicyclic) bond motifs is 1. The number of hydrogen-bond acceptors (Lipinski definition) is 2. The summed E-state index contributed by atoms with van der Waals surface area (Å²) in [5.74, 6) is -0.492. The number of nitrogens with one attached hydrogen (secondary N) is 1. The topological polar surface area (TPSA) is 56.4 Å². The highest BCUT2D eigenvalue weighted by Crippen LogP contribution is 2.28. The largest absolute Gasteiger partial charge is 0.361 e. The summed E-state index contributed by atoms with van der Waals surface area (Å²) >= 11 is 11.6. The Morgan fingerprint density at radius 2 is 1.74 bits per heavy atom. The normalized spacial score (nSPS) is 13.5. The number of carbonyl (C=O) groups excluding carboxylic acids is 2. The number of benzene rings is 2. The second-order valence-corrected chi connectivity index (χ2v) is 9.00. The number of para-hydroxylation sites is 1. The monoisotopic (exact) mass is 457 g/mol. The van der Waals surface area contributed by atoms with Crippen LogP contribution in [0.15, 0.2) is 60.8 Å². The maximum atomic E-state index is 13.3. The van der Waals surface area contributed by atoms with Crippen LogP contribution >= 0.6 is 23.2 Å². The number of carbonyl (C=O) groups is 2. The van der Waals surface area contributed by atoms with E-state index in [1.165, 1.54) is 4.90 Å². The van der Waals surface area contributed by atoms with Gasteiger partial charge in [-0.15, -0.1) is 0 Å². The van der Waals surface area contributed by atoms with E-state index >= 15 is 0 Å². The zero-order valence-corrected chi connectivity index (χ0v) is 18.6. The van der Waals surface area contributed by atoms with Gasteiger partial charge in [0.1, 0.15) is 6.54 Å². The first-order chi connectivity index (χ1) is 15.0. The van der Waals surface area contributed by atoms with Crippen molar-refractivity contribution in [1.82, 2.24) is 14.8 Å². The van der Waals surface area contributed by atoms with Crippen molar-refractivity contribution in [3.63, 3.8) is 0 Å². The molecule has 1 heterocycles. The Bertz CT molecular complexity index is 1050. The minimum atomic E-state index is -1.15. The number of rotatable bonds is 9. The van der Waals surface area contributed by atoms with Gasteiger partial charge in [-0.3, -0.25) is 9.59 Å². The van der Waals surface area contributed by atoms with E-state index < -0.39 is 10.7 Å². The molecule has 0 bridgehead atoms. The highest BCUT2D eigenvalue weighted by molar-refractivity contribution is 6.53. The maximum absolute atomic E-state index is 13.3. The lowest BCUT2D eigenvalue weighted by Crippen LogP contribution is -2.45. The van der Waals surface area contributed by atoms with Crippen LogP contribution in [0.2, 0.25) is 0 Å². The van der Waals surface area contributed by atoms with E-state index in [4.69, 9.17) is 23.2 Å². The summed E-state index contributed by atoms with van der Waals surface area (Å²) in [6.07, 6.45) is 4.48. The molecule has 3 aromatic rings. The minimum absolute atomic E-state index is 0.000157. The molecule has 0 spiro atoms. The molecule has 0 aliphatic heterocycles. The minimum Gasteiger partial charge on any atom is -0.361 e. The van der Waals surface area contributed by atoms with Crippen molar-refractivity contribution in [2.24, 2.45) is 0 Å². The van der Waals surface area contributed by atoms with E-state index in [0.717, 1.165) is 34.9 Å². The van der Waals surface area contributed by atoms with E-state index in [2.05, 4.69) is 11.1 Å². The lowest BCUT2D eigenvalue weighted by atomic mass is 10.1. The third-order valence-electron chi connectivity index (χ3n) is 5.66. The van der Waals surface area contributed by atoms with Crippen molar-refractivity contribution >= 4 is 45.9 Å². The van der Waals surface area contributed by atoms with Gasteiger partial charge in [-0.05, 0) is 36.5 Å². The molecule has 0 radical (unpaired) electrons. The molecule has 162 valence electrons. The second kappa shape index (κ2) is 9.75. The number of nitrogens with zero attached hydrogens (tertiary/aromatic N) is 2. The fourth-order valence-corrected chi connectivity index (χ4v) is 4.08. The number of aromatic amines is 1. The van der Waals surface area contributed by atoms with Gasteiger partial charge in [0.05, 0.1) is 0 Å². The average Bonchev–Trinajstić information content (AvgIpc) is 3.54. The molecule has 0 atom stereocenters. The summed E-state index contributed by atoms with van der Waals surface area (Å²) in [6.45, 7) is 1.04. The third kappa shape index (κ3) is 5.41. The van der Waals surface area contributed by atoms with Gasteiger partial charge in [-0.2, -0.15) is 0 Å². The van der Waals surface area contributed by atoms with Gasteiger partial charge in [-0.1, -0.05) is 71.7 Å². The van der Waals surface area contributed by atoms with Crippen molar-refractivity contribution in [1.29, 1.82) is 0 Å². The Kier molecular flexibility index (Phi) is 6.83. The summed E-state index contributed by atoms with van der Waals surface area (Å²) in [7, 11) is 0. The van der Waals surface area contributed by atoms with Gasteiger partial charge in [0, 0.05) is 36.2 Å². The van der Waals surface area contributed by atoms with Crippen LogP contribution in [-0.4, -0.2) is 50.6 Å². The van der Waals surface area contributed by atoms with Crippen LogP contribution < -0.4 is 0 Å². The molecule has 7 heteroatoms. The number of H-pyrrole nitrogens is 1. The Morgan fingerprint density at radius 1 is 1.03 bits per heavy atom. The summed E-state index contributed by atoms with van der Waals surface area (Å²) in [5, 5.41) is 1.16. The molecule has 1 saturated carbocycles. The molecule has 5 nitrogen and oxygen atoms in total. The van der Waals surface area contributed by atoms with Crippen LogP contribution in [0.25, 0.3) is 10.9 Å². The van der Waals surface area contributed by atoms with E-state index in [0.29, 0.717) is 19.5 Å². The third-order valence-corrected chi connectivity index (χ3v) is 6.03. The molecular formula is C24H25Cl2N3O2. The summed E-state index contributed by atoms with van der Waals surface area (Å²) in [6, 6.07) is 18.1. The quantitative estimate of drug-likeness (QED) is 0.479. The van der Waals surface area contributed by atoms with E-state index in [-0.39, 0.29) is 18.5 Å². The number of amides is 2. The molecule has 0 unspecified atom stereocenters. The smallest absolute Gasteiger partial charge is 0.256 e. The number of hydrogen-bond donors (Lipinski definition) is 1. The van der Waals surface area contributed by atoms with Gasteiger partial charge >= 0.3 is 0 Å². The standard InChI is InChI=1S/C24H25Cl2N3O2/c25-23(26)24(31)29(19-10-11-19)16-22(30)28(15-17-6-2-1-3-7-17)13-12-18-14-27-21-9-5-4-8-20(18)21/h1-9,14,19,23,27H,10-13,15-16H2. The lowest BCUT2D eigenvalue weighted by Gasteiger charge is -2.28. The first-order valence-electron chi connectivity index (χ1n) is 10.5. The fraction of sp³-hybridized carbons (Fsp3) is 0.333. The molecule has 1 N–H and O–H groups in total. The first kappa shape index (κ1) is 21.7. The van der Waals surface area contributed by atoms with Crippen molar-refractivity contribution in [3.05, 3.63) is 71.9 Å². The van der Waals surface area contributed by atoms with Crippen LogP contribution in [-0.2, 0) is 22.6 Å². The summed E-state index contributed by atoms with van der Waals surface area (Å²) < 4.78 is 0. The van der Waals surface area contributed by atoms with Crippen molar-refractivity contribution in [3.8, 4) is 0 Å². The SMILES string of the molecule is O=C(CN(C(=O)C(Cl)Cl)C1CC1)N(CCc1c[nH]c2ccccc12)Cc1ccccc1. The van der Waals surface area contributed by atoms with Gasteiger partial charge in [0.15, 0.2) is 4.84 Å². The van der Waals surface area contributed by atoms with Crippen LogP contribution in [0, 0.1) is 0 Å². The lowest BCUT2D eigenvalue weighted by molar-refractivity contribution is -0.140. The Morgan fingerprint density at radius 3 is 2.45 bits per heavy atom. The van der Waals surface area contributed by atoms with Crippen molar-refractivity contribution < 1.29 is 9.59 Å². The van der Waals surface area contributed by atoms with Crippen LogP contribution in [0.3, 0.4) is 0 Å². The van der Waals surface area contributed by atoms with Crippen LogP contribution in [0.1, 0.15) is 24.0 Å². The second-order valence-electron chi connectivity index (χ2n) is 7.91. The predicted molar refractivity (Wildman–Crippen MR) is 124 cm³/mol. The maximum Gasteiger partial charge on any atom is 0.256 e. The number of aromatic nitrogens is 1. The summed E-state index contributed by atoms with van der Waals surface area (Å²) in [5.41, 5.74) is 3.30. The molecule has 1 aliphatic carbocycles. The Balaban J connectivity index is 1.50. The van der Waals surface area contributed by atoms with Gasteiger partial charge in [-0.25, -0.2) is 0 Å². The fourth-order valence-electron chi connectivity index (χ4n) is 3.83.